The Kier molecular flexibility index (Phi) is 7.56. The van der Waals surface area contributed by atoms with Gasteiger partial charge in [-0.2, -0.15) is 0 Å². The van der Waals surface area contributed by atoms with Crippen molar-refractivity contribution in [3.05, 3.63) is 34.3 Å². The SMILES string of the molecule is CC(NC(=O)CC1CCNCC1)c1ccccc1Br.Cl. The Hall–Kier alpha value is -0.580. The monoisotopic (exact) mass is 360 g/mol. The lowest BCUT2D eigenvalue weighted by atomic mass is 9.94. The van der Waals surface area contributed by atoms with E-state index in [1.807, 2.05) is 31.2 Å². The predicted octanol–water partition coefficient (Wildman–Crippen LogP) is 3.44. The standard InChI is InChI=1S/C15H21BrN2O.ClH/c1-11(13-4-2-3-5-14(13)16)18-15(19)10-12-6-8-17-9-7-12;/h2-5,11-12,17H,6-10H2,1H3,(H,18,19);1H. The zero-order valence-corrected chi connectivity index (χ0v) is 14.1. The summed E-state index contributed by atoms with van der Waals surface area (Å²) < 4.78 is 1.05. The summed E-state index contributed by atoms with van der Waals surface area (Å²) in [6.07, 6.45) is 2.87. The molecule has 3 nitrogen and oxygen atoms in total. The first-order valence-electron chi connectivity index (χ1n) is 6.91. The Morgan fingerprint density at radius 1 is 1.40 bits per heavy atom. The van der Waals surface area contributed by atoms with Gasteiger partial charge in [0.15, 0.2) is 0 Å². The molecule has 20 heavy (non-hydrogen) atoms. The molecular weight excluding hydrogens is 340 g/mol. The second-order valence-corrected chi connectivity index (χ2v) is 6.06. The Bertz CT molecular complexity index is 436. The molecule has 1 heterocycles. The van der Waals surface area contributed by atoms with Crippen molar-refractivity contribution in [2.45, 2.75) is 32.2 Å². The van der Waals surface area contributed by atoms with Gasteiger partial charge in [0.2, 0.25) is 5.91 Å². The van der Waals surface area contributed by atoms with Crippen molar-refractivity contribution in [2.24, 2.45) is 5.92 Å². The van der Waals surface area contributed by atoms with E-state index in [0.717, 1.165) is 36.0 Å². The van der Waals surface area contributed by atoms with Gasteiger partial charge < -0.3 is 10.6 Å². The van der Waals surface area contributed by atoms with Crippen LogP contribution in [0.1, 0.15) is 37.8 Å². The fourth-order valence-corrected chi connectivity index (χ4v) is 3.18. The van der Waals surface area contributed by atoms with Crippen molar-refractivity contribution in [1.29, 1.82) is 0 Å². The summed E-state index contributed by atoms with van der Waals surface area (Å²) in [6, 6.07) is 8.07. The lowest BCUT2D eigenvalue weighted by Gasteiger charge is -2.23. The highest BCUT2D eigenvalue weighted by molar-refractivity contribution is 9.10. The van der Waals surface area contributed by atoms with E-state index in [0.29, 0.717) is 12.3 Å². The third kappa shape index (κ3) is 5.08. The summed E-state index contributed by atoms with van der Waals surface area (Å²) in [5, 5.41) is 6.42. The van der Waals surface area contributed by atoms with Crippen LogP contribution in [0.15, 0.2) is 28.7 Å². The zero-order chi connectivity index (χ0) is 13.7. The molecule has 1 atom stereocenters. The van der Waals surface area contributed by atoms with Crippen molar-refractivity contribution in [2.75, 3.05) is 13.1 Å². The Balaban J connectivity index is 0.00000200. The van der Waals surface area contributed by atoms with Crippen LogP contribution >= 0.6 is 28.3 Å². The maximum atomic E-state index is 12.1. The minimum Gasteiger partial charge on any atom is -0.350 e. The second kappa shape index (κ2) is 8.65. The molecule has 0 bridgehead atoms. The van der Waals surface area contributed by atoms with Gasteiger partial charge in [-0.3, -0.25) is 4.79 Å². The average molecular weight is 362 g/mol. The number of amides is 1. The lowest BCUT2D eigenvalue weighted by Crippen LogP contribution is -2.33. The van der Waals surface area contributed by atoms with Crippen LogP contribution in [-0.2, 0) is 4.79 Å². The summed E-state index contributed by atoms with van der Waals surface area (Å²) in [5.74, 6) is 0.697. The molecule has 0 spiro atoms. The fraction of sp³-hybridized carbons (Fsp3) is 0.533. The van der Waals surface area contributed by atoms with Gasteiger partial charge in [-0.05, 0) is 50.4 Å². The molecule has 1 aliphatic rings. The van der Waals surface area contributed by atoms with Crippen LogP contribution in [0.3, 0.4) is 0 Å². The van der Waals surface area contributed by atoms with Crippen LogP contribution in [0.4, 0.5) is 0 Å². The molecule has 0 radical (unpaired) electrons. The average Bonchev–Trinajstić information content (AvgIpc) is 2.40. The number of hydrogen-bond acceptors (Lipinski definition) is 2. The molecule has 0 aromatic heterocycles. The number of piperidine rings is 1. The van der Waals surface area contributed by atoms with E-state index in [-0.39, 0.29) is 24.4 Å². The highest BCUT2D eigenvalue weighted by Crippen LogP contribution is 2.23. The van der Waals surface area contributed by atoms with Crippen LogP contribution in [0.25, 0.3) is 0 Å². The predicted molar refractivity (Wildman–Crippen MR) is 88.2 cm³/mol. The molecule has 1 amide bonds. The van der Waals surface area contributed by atoms with Gasteiger partial charge in [0.1, 0.15) is 0 Å². The third-order valence-electron chi connectivity index (χ3n) is 3.68. The number of halogens is 2. The minimum atomic E-state index is 0. The van der Waals surface area contributed by atoms with Crippen molar-refractivity contribution in [1.82, 2.24) is 10.6 Å². The summed E-state index contributed by atoms with van der Waals surface area (Å²) in [5.41, 5.74) is 1.13. The van der Waals surface area contributed by atoms with Crippen LogP contribution in [-0.4, -0.2) is 19.0 Å². The normalized spacial score (nSPS) is 17.1. The molecule has 2 rings (SSSR count). The van der Waals surface area contributed by atoms with Gasteiger partial charge in [-0.1, -0.05) is 34.1 Å². The van der Waals surface area contributed by atoms with E-state index in [1.54, 1.807) is 0 Å². The quantitative estimate of drug-likeness (QED) is 0.862. The Morgan fingerprint density at radius 2 is 2.05 bits per heavy atom. The number of nitrogens with one attached hydrogen (secondary N) is 2. The number of carbonyl (C=O) groups is 1. The van der Waals surface area contributed by atoms with Crippen LogP contribution in [0, 0.1) is 5.92 Å². The van der Waals surface area contributed by atoms with Gasteiger partial charge in [-0.15, -0.1) is 12.4 Å². The molecule has 5 heteroatoms. The van der Waals surface area contributed by atoms with E-state index in [4.69, 9.17) is 0 Å². The molecule has 1 aliphatic heterocycles. The molecule has 1 aromatic carbocycles. The van der Waals surface area contributed by atoms with Gasteiger partial charge >= 0.3 is 0 Å². The third-order valence-corrected chi connectivity index (χ3v) is 4.40. The first-order chi connectivity index (χ1) is 9.16. The van der Waals surface area contributed by atoms with Gasteiger partial charge in [0.05, 0.1) is 6.04 Å². The van der Waals surface area contributed by atoms with Crippen molar-refractivity contribution in [3.63, 3.8) is 0 Å². The molecule has 1 saturated heterocycles. The summed E-state index contributed by atoms with van der Waals surface area (Å²) in [6.45, 7) is 4.11. The van der Waals surface area contributed by atoms with E-state index in [2.05, 4.69) is 26.6 Å². The molecule has 0 saturated carbocycles. The second-order valence-electron chi connectivity index (χ2n) is 5.21. The van der Waals surface area contributed by atoms with Crippen LogP contribution in [0.5, 0.6) is 0 Å². The number of hydrogen-bond donors (Lipinski definition) is 2. The highest BCUT2D eigenvalue weighted by Gasteiger charge is 2.18. The fourth-order valence-electron chi connectivity index (χ4n) is 2.55. The topological polar surface area (TPSA) is 41.1 Å². The molecular formula is C15H22BrClN2O. The largest absolute Gasteiger partial charge is 0.350 e. The van der Waals surface area contributed by atoms with E-state index >= 15 is 0 Å². The highest BCUT2D eigenvalue weighted by atomic mass is 79.9. The van der Waals surface area contributed by atoms with Gasteiger partial charge in [0.25, 0.3) is 0 Å². The van der Waals surface area contributed by atoms with E-state index in [1.165, 1.54) is 0 Å². The molecule has 1 fully saturated rings. The Morgan fingerprint density at radius 3 is 2.70 bits per heavy atom. The molecule has 2 N–H and O–H groups in total. The molecule has 1 aromatic rings. The zero-order valence-electron chi connectivity index (χ0n) is 11.7. The summed E-state index contributed by atoms with van der Waals surface area (Å²) in [4.78, 5) is 12.1. The first kappa shape index (κ1) is 17.5. The van der Waals surface area contributed by atoms with Gasteiger partial charge in [0, 0.05) is 10.9 Å². The molecule has 112 valence electrons. The number of benzene rings is 1. The van der Waals surface area contributed by atoms with E-state index in [9.17, 15) is 4.79 Å². The maximum Gasteiger partial charge on any atom is 0.220 e. The lowest BCUT2D eigenvalue weighted by molar-refractivity contribution is -0.122. The summed E-state index contributed by atoms with van der Waals surface area (Å²) in [7, 11) is 0. The Labute approximate surface area is 135 Å². The molecule has 0 aliphatic carbocycles. The summed E-state index contributed by atoms with van der Waals surface area (Å²) >= 11 is 3.53. The number of rotatable bonds is 4. The number of carbonyl (C=O) groups excluding carboxylic acids is 1. The first-order valence-corrected chi connectivity index (χ1v) is 7.70. The van der Waals surface area contributed by atoms with Crippen LogP contribution < -0.4 is 10.6 Å². The smallest absolute Gasteiger partial charge is 0.220 e. The van der Waals surface area contributed by atoms with Gasteiger partial charge in [-0.25, -0.2) is 0 Å². The molecule has 1 unspecified atom stereocenters. The maximum absolute atomic E-state index is 12.1. The van der Waals surface area contributed by atoms with E-state index < -0.39 is 0 Å². The van der Waals surface area contributed by atoms with Crippen molar-refractivity contribution in [3.8, 4) is 0 Å². The minimum absolute atomic E-state index is 0. The van der Waals surface area contributed by atoms with Crippen molar-refractivity contribution < 1.29 is 4.79 Å². The van der Waals surface area contributed by atoms with Crippen molar-refractivity contribution >= 4 is 34.2 Å². The van der Waals surface area contributed by atoms with Crippen LogP contribution in [0.2, 0.25) is 0 Å².